The summed E-state index contributed by atoms with van der Waals surface area (Å²) in [5, 5.41) is 0.458. The fourth-order valence-electron chi connectivity index (χ4n) is 3.88. The van der Waals surface area contributed by atoms with Crippen molar-refractivity contribution in [3.63, 3.8) is 0 Å². The SMILES string of the molecule is CCC(c1nc2scnc2c(=O)n1Cc1ccccc1)N(CCN)Cc1ccc(Cl)nc1. The first-order chi connectivity index (χ1) is 15.6. The van der Waals surface area contributed by atoms with E-state index in [1.54, 1.807) is 22.3 Å². The number of fused-ring (bicyclic) bond motifs is 1. The van der Waals surface area contributed by atoms with Crippen molar-refractivity contribution in [3.05, 3.63) is 86.6 Å². The Balaban J connectivity index is 1.79. The van der Waals surface area contributed by atoms with E-state index in [0.717, 1.165) is 23.4 Å². The molecule has 1 atom stereocenters. The first-order valence-electron chi connectivity index (χ1n) is 10.5. The number of aromatic nitrogens is 4. The smallest absolute Gasteiger partial charge is 0.281 e. The molecule has 0 aliphatic heterocycles. The number of thiazole rings is 1. The summed E-state index contributed by atoms with van der Waals surface area (Å²) < 4.78 is 1.76. The van der Waals surface area contributed by atoms with E-state index >= 15 is 0 Å². The van der Waals surface area contributed by atoms with E-state index in [1.807, 2.05) is 36.4 Å². The zero-order valence-corrected chi connectivity index (χ0v) is 19.4. The molecule has 0 aliphatic rings. The van der Waals surface area contributed by atoms with E-state index in [2.05, 4.69) is 21.8 Å². The van der Waals surface area contributed by atoms with Crippen LogP contribution in [0.2, 0.25) is 5.15 Å². The van der Waals surface area contributed by atoms with Gasteiger partial charge < -0.3 is 5.73 Å². The molecule has 0 amide bonds. The average molecular weight is 469 g/mol. The lowest BCUT2D eigenvalue weighted by Gasteiger charge is -2.31. The highest BCUT2D eigenvalue weighted by Crippen LogP contribution is 2.26. The molecule has 1 aromatic carbocycles. The van der Waals surface area contributed by atoms with E-state index < -0.39 is 0 Å². The van der Waals surface area contributed by atoms with Crippen LogP contribution < -0.4 is 11.3 Å². The second kappa shape index (κ2) is 10.3. The van der Waals surface area contributed by atoms with Crippen molar-refractivity contribution in [2.24, 2.45) is 5.73 Å². The van der Waals surface area contributed by atoms with Crippen LogP contribution in [0.4, 0.5) is 0 Å². The van der Waals surface area contributed by atoms with Crippen molar-refractivity contribution in [1.29, 1.82) is 0 Å². The van der Waals surface area contributed by atoms with Gasteiger partial charge in [0.15, 0.2) is 10.3 Å². The van der Waals surface area contributed by atoms with Gasteiger partial charge in [-0.2, -0.15) is 0 Å². The van der Waals surface area contributed by atoms with Gasteiger partial charge in [-0.3, -0.25) is 14.3 Å². The topological polar surface area (TPSA) is 89.9 Å². The second-order valence-electron chi connectivity index (χ2n) is 7.53. The summed E-state index contributed by atoms with van der Waals surface area (Å²) in [6.07, 6.45) is 2.54. The van der Waals surface area contributed by atoms with E-state index in [1.165, 1.54) is 11.3 Å². The number of nitrogens with zero attached hydrogens (tertiary/aromatic N) is 5. The quantitative estimate of drug-likeness (QED) is 0.375. The van der Waals surface area contributed by atoms with E-state index in [-0.39, 0.29) is 11.6 Å². The summed E-state index contributed by atoms with van der Waals surface area (Å²) in [7, 11) is 0. The molecule has 32 heavy (non-hydrogen) atoms. The Bertz CT molecular complexity index is 1220. The highest BCUT2D eigenvalue weighted by Gasteiger charge is 2.25. The molecule has 9 heteroatoms. The van der Waals surface area contributed by atoms with Crippen molar-refractivity contribution in [1.82, 2.24) is 24.4 Å². The molecule has 0 saturated carbocycles. The molecule has 0 saturated heterocycles. The molecule has 3 heterocycles. The third-order valence-corrected chi connectivity index (χ3v) is 6.33. The Hall–Kier alpha value is -2.65. The summed E-state index contributed by atoms with van der Waals surface area (Å²) in [6.45, 7) is 4.31. The van der Waals surface area contributed by atoms with Gasteiger partial charge >= 0.3 is 0 Å². The molecule has 7 nitrogen and oxygen atoms in total. The normalized spacial score (nSPS) is 12.5. The summed E-state index contributed by atoms with van der Waals surface area (Å²) in [5.41, 5.74) is 10.0. The maximum atomic E-state index is 13.4. The van der Waals surface area contributed by atoms with E-state index in [4.69, 9.17) is 22.3 Å². The van der Waals surface area contributed by atoms with Crippen molar-refractivity contribution in [2.75, 3.05) is 13.1 Å². The Morgan fingerprint density at radius 1 is 1.16 bits per heavy atom. The molecule has 0 aliphatic carbocycles. The van der Waals surface area contributed by atoms with Gasteiger partial charge in [0.25, 0.3) is 5.56 Å². The van der Waals surface area contributed by atoms with Gasteiger partial charge in [0.05, 0.1) is 18.1 Å². The van der Waals surface area contributed by atoms with Crippen LogP contribution in [0.1, 0.15) is 36.3 Å². The molecule has 166 valence electrons. The Labute approximate surface area is 195 Å². The van der Waals surface area contributed by atoms with Gasteiger partial charge in [-0.25, -0.2) is 15.0 Å². The van der Waals surface area contributed by atoms with Crippen LogP contribution in [0, 0.1) is 0 Å². The predicted octanol–water partition coefficient (Wildman–Crippen LogP) is 3.86. The third-order valence-electron chi connectivity index (χ3n) is 5.39. The maximum Gasteiger partial charge on any atom is 0.281 e. The predicted molar refractivity (Wildman–Crippen MR) is 129 cm³/mol. The fourth-order valence-corrected chi connectivity index (χ4v) is 4.65. The summed E-state index contributed by atoms with van der Waals surface area (Å²) in [5.74, 6) is 0.730. The minimum Gasteiger partial charge on any atom is -0.329 e. The number of nitrogens with two attached hydrogens (primary N) is 1. The lowest BCUT2D eigenvalue weighted by Crippen LogP contribution is -2.37. The number of halogens is 1. The van der Waals surface area contributed by atoms with E-state index in [9.17, 15) is 4.79 Å². The van der Waals surface area contributed by atoms with Gasteiger partial charge in [-0.15, -0.1) is 11.3 Å². The van der Waals surface area contributed by atoms with Crippen LogP contribution in [0.5, 0.6) is 0 Å². The molecule has 0 bridgehead atoms. The highest BCUT2D eigenvalue weighted by molar-refractivity contribution is 7.16. The average Bonchev–Trinajstić information content (AvgIpc) is 3.28. The fraction of sp³-hybridized carbons (Fsp3) is 0.304. The lowest BCUT2D eigenvalue weighted by atomic mass is 10.1. The van der Waals surface area contributed by atoms with Crippen molar-refractivity contribution in [2.45, 2.75) is 32.5 Å². The van der Waals surface area contributed by atoms with Crippen molar-refractivity contribution < 1.29 is 0 Å². The zero-order valence-electron chi connectivity index (χ0n) is 17.8. The van der Waals surface area contributed by atoms with Crippen molar-refractivity contribution >= 4 is 33.3 Å². The maximum absolute atomic E-state index is 13.4. The Morgan fingerprint density at radius 3 is 2.66 bits per heavy atom. The molecule has 0 radical (unpaired) electrons. The molecule has 2 N–H and O–H groups in total. The first-order valence-corrected chi connectivity index (χ1v) is 11.8. The summed E-state index contributed by atoms with van der Waals surface area (Å²) in [4.78, 5) is 29.7. The third kappa shape index (κ3) is 4.88. The first kappa shape index (κ1) is 22.5. The van der Waals surface area contributed by atoms with Gasteiger partial charge in [-0.05, 0) is 23.6 Å². The second-order valence-corrected chi connectivity index (χ2v) is 8.75. The molecule has 0 fully saturated rings. The standard InChI is InChI=1S/C23H25ClN6OS/c1-2-18(29(11-10-25)13-17-8-9-19(24)26-12-17)21-28-22-20(27-15-32-22)23(31)30(21)14-16-6-4-3-5-7-16/h3-9,12,15,18H,2,10-11,13-14,25H2,1H3. The minimum absolute atomic E-state index is 0.0999. The Morgan fingerprint density at radius 2 is 1.97 bits per heavy atom. The summed E-state index contributed by atoms with van der Waals surface area (Å²) in [6, 6.07) is 13.6. The number of hydrogen-bond acceptors (Lipinski definition) is 7. The van der Waals surface area contributed by atoms with E-state index in [0.29, 0.717) is 41.7 Å². The molecular formula is C23H25ClN6OS. The van der Waals surface area contributed by atoms with Crippen molar-refractivity contribution in [3.8, 4) is 0 Å². The molecule has 3 aromatic heterocycles. The number of hydrogen-bond donors (Lipinski definition) is 1. The number of pyridine rings is 1. The number of benzene rings is 1. The van der Waals surface area contributed by atoms with Crippen LogP contribution in [0.25, 0.3) is 10.3 Å². The zero-order chi connectivity index (χ0) is 22.5. The number of rotatable bonds is 9. The molecular weight excluding hydrogens is 444 g/mol. The molecule has 4 rings (SSSR count). The monoisotopic (exact) mass is 468 g/mol. The van der Waals surface area contributed by atoms with Crippen LogP contribution >= 0.6 is 22.9 Å². The molecule has 4 aromatic rings. The Kier molecular flexibility index (Phi) is 7.26. The lowest BCUT2D eigenvalue weighted by molar-refractivity contribution is 0.176. The molecule has 0 spiro atoms. The van der Waals surface area contributed by atoms with Gasteiger partial charge in [0, 0.05) is 25.8 Å². The van der Waals surface area contributed by atoms with Gasteiger partial charge in [0.2, 0.25) is 0 Å². The van der Waals surface area contributed by atoms with Crippen LogP contribution in [-0.4, -0.2) is 37.5 Å². The molecule has 1 unspecified atom stereocenters. The van der Waals surface area contributed by atoms with Crippen LogP contribution in [-0.2, 0) is 13.1 Å². The minimum atomic E-state index is -0.116. The largest absolute Gasteiger partial charge is 0.329 e. The van der Waals surface area contributed by atoms with Gasteiger partial charge in [0.1, 0.15) is 11.0 Å². The highest BCUT2D eigenvalue weighted by atomic mass is 35.5. The van der Waals surface area contributed by atoms with Gasteiger partial charge in [-0.1, -0.05) is 54.9 Å². The van der Waals surface area contributed by atoms with Crippen LogP contribution in [0.15, 0.2) is 59.0 Å². The van der Waals surface area contributed by atoms with Crippen LogP contribution in [0.3, 0.4) is 0 Å². The summed E-state index contributed by atoms with van der Waals surface area (Å²) >= 11 is 7.34.